The Morgan fingerprint density at radius 2 is 2.00 bits per heavy atom. The largest absolute Gasteiger partial charge is 0.477 e. The van der Waals surface area contributed by atoms with Crippen LogP contribution in [0.5, 0.6) is 11.5 Å². The van der Waals surface area contributed by atoms with Crippen LogP contribution in [0.3, 0.4) is 0 Å². The molecule has 3 aliphatic heterocycles. The van der Waals surface area contributed by atoms with Gasteiger partial charge in [-0.25, -0.2) is 14.2 Å². The zero-order valence-corrected chi connectivity index (χ0v) is 23.9. The lowest BCUT2D eigenvalue weighted by atomic mass is 10.1. The number of rotatable bonds is 7. The molecule has 0 aliphatic carbocycles. The lowest BCUT2D eigenvalue weighted by molar-refractivity contribution is -0.0705. The van der Waals surface area contributed by atoms with Gasteiger partial charge in [-0.15, -0.1) is 11.3 Å². The molecule has 2 aromatic carbocycles. The first-order valence-corrected chi connectivity index (χ1v) is 14.7. The van der Waals surface area contributed by atoms with E-state index in [1.807, 2.05) is 18.2 Å². The normalized spacial score (nSPS) is 22.3. The number of fused-ring (bicyclic) bond motifs is 2. The highest BCUT2D eigenvalue weighted by Crippen LogP contribution is 2.50. The van der Waals surface area contributed by atoms with Gasteiger partial charge in [0, 0.05) is 44.7 Å². The minimum atomic E-state index is -1.30. The monoisotopic (exact) mass is 598 g/mol. The molecule has 0 radical (unpaired) electrons. The maximum absolute atomic E-state index is 14.8. The van der Waals surface area contributed by atoms with E-state index in [2.05, 4.69) is 14.4 Å². The molecule has 2 unspecified atom stereocenters. The quantitative estimate of drug-likeness (QED) is 0.305. The molecule has 0 spiro atoms. The van der Waals surface area contributed by atoms with Gasteiger partial charge < -0.3 is 28.8 Å². The third-order valence-electron chi connectivity index (χ3n) is 7.97. The Kier molecular flexibility index (Phi) is 6.57. The van der Waals surface area contributed by atoms with E-state index in [0.29, 0.717) is 34.5 Å². The lowest BCUT2D eigenvalue weighted by Gasteiger charge is -2.36. The number of carboxylic acids is 1. The first-order chi connectivity index (χ1) is 19.8. The zero-order chi connectivity index (χ0) is 28.3. The van der Waals surface area contributed by atoms with Gasteiger partial charge in [0.05, 0.1) is 36.0 Å². The van der Waals surface area contributed by atoms with Crippen LogP contribution in [0, 0.1) is 5.82 Å². The van der Waals surface area contributed by atoms with Crippen molar-refractivity contribution < 1.29 is 28.5 Å². The van der Waals surface area contributed by atoms with Gasteiger partial charge in [0.1, 0.15) is 21.3 Å². The molecule has 4 aromatic rings. The van der Waals surface area contributed by atoms with Gasteiger partial charge >= 0.3 is 5.97 Å². The number of aromatic carboxylic acids is 1. The van der Waals surface area contributed by atoms with Crippen molar-refractivity contribution in [3.05, 3.63) is 69.6 Å². The Morgan fingerprint density at radius 3 is 2.71 bits per heavy atom. The fourth-order valence-corrected chi connectivity index (χ4v) is 6.75. The molecule has 9 nitrogen and oxygen atoms in total. The van der Waals surface area contributed by atoms with Crippen molar-refractivity contribution >= 4 is 44.9 Å². The number of thiophene rings is 1. The van der Waals surface area contributed by atoms with E-state index in [1.165, 1.54) is 17.4 Å². The van der Waals surface area contributed by atoms with Crippen molar-refractivity contribution in [2.24, 2.45) is 0 Å². The SMILES string of the molecule is CC1(c2ccc(Cl)cc2F)Oc2cccc(N3CCN(Cc4nc5sc(C(=O)O)cc5n4CC4CCO4)CC3)c2O1. The molecule has 2 fully saturated rings. The Balaban J connectivity index is 1.07. The molecular weight excluding hydrogens is 571 g/mol. The van der Waals surface area contributed by atoms with Crippen molar-refractivity contribution in [1.29, 1.82) is 0 Å². The number of imidazole rings is 1. The number of hydrogen-bond donors (Lipinski definition) is 1. The van der Waals surface area contributed by atoms with Crippen LogP contribution in [0.4, 0.5) is 10.1 Å². The van der Waals surface area contributed by atoms with E-state index in [9.17, 15) is 14.3 Å². The molecule has 0 saturated carbocycles. The van der Waals surface area contributed by atoms with Gasteiger partial charge in [0.2, 0.25) is 0 Å². The highest BCUT2D eigenvalue weighted by atomic mass is 35.5. The predicted octanol–water partition coefficient (Wildman–Crippen LogP) is 5.34. The second kappa shape index (κ2) is 10.2. The number of halogens is 2. The van der Waals surface area contributed by atoms with Crippen LogP contribution in [-0.4, -0.2) is 64.4 Å². The number of anilines is 1. The third-order valence-corrected chi connectivity index (χ3v) is 9.22. The Morgan fingerprint density at radius 1 is 1.20 bits per heavy atom. The Hall–Kier alpha value is -3.38. The van der Waals surface area contributed by atoms with Gasteiger partial charge in [-0.1, -0.05) is 17.7 Å². The lowest BCUT2D eigenvalue weighted by Crippen LogP contribution is -2.46. The molecule has 3 aliphatic rings. The molecule has 2 atom stereocenters. The van der Waals surface area contributed by atoms with Crippen molar-refractivity contribution in [2.75, 3.05) is 37.7 Å². The van der Waals surface area contributed by atoms with Crippen LogP contribution in [0.25, 0.3) is 10.3 Å². The van der Waals surface area contributed by atoms with Gasteiger partial charge in [0.15, 0.2) is 11.5 Å². The maximum Gasteiger partial charge on any atom is 0.346 e. The third kappa shape index (κ3) is 4.80. The molecule has 1 N–H and O–H groups in total. The van der Waals surface area contributed by atoms with E-state index >= 15 is 0 Å². The minimum Gasteiger partial charge on any atom is -0.477 e. The highest BCUT2D eigenvalue weighted by Gasteiger charge is 2.43. The molecule has 0 amide bonds. The first-order valence-electron chi connectivity index (χ1n) is 13.5. The summed E-state index contributed by atoms with van der Waals surface area (Å²) in [5.41, 5.74) is 2.05. The molecular formula is C29H28ClFN4O5S. The standard InChI is InChI=1S/C29H28ClFN4O5S/c1-29(19-6-5-17(30)13-20(19)31)39-23-4-2-3-21(26(23)40-29)34-10-8-33(9-11-34)16-25-32-27-22(14-24(41-27)28(36)37)35(25)15-18-7-12-38-18/h2-6,13-14,18H,7-12,15-16H2,1H3,(H,36,37). The summed E-state index contributed by atoms with van der Waals surface area (Å²) in [7, 11) is 0. The summed E-state index contributed by atoms with van der Waals surface area (Å²) in [5.74, 6) is -0.623. The number of benzene rings is 2. The molecule has 2 saturated heterocycles. The summed E-state index contributed by atoms with van der Waals surface area (Å²) in [6.07, 6.45) is 1.12. The van der Waals surface area contributed by atoms with Crippen LogP contribution in [0.2, 0.25) is 5.02 Å². The van der Waals surface area contributed by atoms with Crippen LogP contribution in [-0.2, 0) is 23.6 Å². The number of carboxylic acid groups (broad SMARTS) is 1. The van der Waals surface area contributed by atoms with Gasteiger partial charge in [-0.05, 0) is 42.8 Å². The highest BCUT2D eigenvalue weighted by molar-refractivity contribution is 7.20. The number of piperazine rings is 1. The van der Waals surface area contributed by atoms with Crippen LogP contribution < -0.4 is 14.4 Å². The molecule has 2 aromatic heterocycles. The van der Waals surface area contributed by atoms with Crippen LogP contribution in [0.15, 0.2) is 42.5 Å². The predicted molar refractivity (Wildman–Crippen MR) is 153 cm³/mol. The molecule has 214 valence electrons. The van der Waals surface area contributed by atoms with Crippen molar-refractivity contribution in [3.8, 4) is 11.5 Å². The summed E-state index contributed by atoms with van der Waals surface area (Å²) in [5, 5.41) is 9.76. The summed E-state index contributed by atoms with van der Waals surface area (Å²) < 4.78 is 35.0. The van der Waals surface area contributed by atoms with Crippen LogP contribution >= 0.6 is 22.9 Å². The first kappa shape index (κ1) is 26.5. The van der Waals surface area contributed by atoms with E-state index in [4.69, 9.17) is 30.8 Å². The Labute approximate surface area is 244 Å². The van der Waals surface area contributed by atoms with Gasteiger partial charge in [-0.2, -0.15) is 0 Å². The van der Waals surface area contributed by atoms with Gasteiger partial charge in [-0.3, -0.25) is 4.90 Å². The zero-order valence-electron chi connectivity index (χ0n) is 22.3. The summed E-state index contributed by atoms with van der Waals surface area (Å²) >= 11 is 7.16. The molecule has 0 bridgehead atoms. The average molecular weight is 599 g/mol. The molecule has 41 heavy (non-hydrogen) atoms. The second-order valence-corrected chi connectivity index (χ2v) is 12.1. The fraction of sp³-hybridized carbons (Fsp3) is 0.379. The van der Waals surface area contributed by atoms with Gasteiger partial charge in [0.25, 0.3) is 5.79 Å². The number of aromatic nitrogens is 2. The van der Waals surface area contributed by atoms with Crippen LogP contribution in [0.1, 0.15) is 34.4 Å². The topological polar surface area (TPSA) is 89.3 Å². The Bertz CT molecular complexity index is 1650. The number of hydrogen-bond acceptors (Lipinski definition) is 8. The molecule has 7 rings (SSSR count). The average Bonchev–Trinajstić information content (AvgIpc) is 3.57. The van der Waals surface area contributed by atoms with Crippen molar-refractivity contribution in [1.82, 2.24) is 14.5 Å². The number of para-hydroxylation sites is 1. The van der Waals surface area contributed by atoms with E-state index in [1.54, 1.807) is 25.1 Å². The fourth-order valence-electron chi connectivity index (χ4n) is 5.70. The molecule has 5 heterocycles. The second-order valence-electron chi connectivity index (χ2n) is 10.7. The number of carbonyl (C=O) groups is 1. The maximum atomic E-state index is 14.8. The smallest absolute Gasteiger partial charge is 0.346 e. The summed E-state index contributed by atoms with van der Waals surface area (Å²) in [6, 6.07) is 12.0. The number of nitrogens with zero attached hydrogens (tertiary/aromatic N) is 4. The summed E-state index contributed by atoms with van der Waals surface area (Å²) in [4.78, 5) is 22.0. The van der Waals surface area contributed by atoms with Crippen molar-refractivity contribution in [3.63, 3.8) is 0 Å². The van der Waals surface area contributed by atoms with E-state index in [-0.39, 0.29) is 11.7 Å². The minimum absolute atomic E-state index is 0.130. The summed E-state index contributed by atoms with van der Waals surface area (Å²) in [6.45, 7) is 6.92. The van der Waals surface area contributed by atoms with Crippen molar-refractivity contribution in [2.45, 2.75) is 38.3 Å². The number of ether oxygens (including phenoxy) is 3. The molecule has 12 heteroatoms. The van der Waals surface area contributed by atoms with E-state index in [0.717, 1.165) is 61.1 Å². The van der Waals surface area contributed by atoms with E-state index < -0.39 is 17.6 Å².